The van der Waals surface area contributed by atoms with Crippen molar-refractivity contribution in [2.45, 2.75) is 0 Å². The third kappa shape index (κ3) is 3.50. The van der Waals surface area contributed by atoms with E-state index in [0.717, 1.165) is 22.8 Å². The lowest BCUT2D eigenvalue weighted by atomic mass is 10.2. The number of aromatic nitrogens is 4. The summed E-state index contributed by atoms with van der Waals surface area (Å²) in [4.78, 5) is 12.1. The molecule has 10 heteroatoms. The molecule has 0 bridgehead atoms. The minimum absolute atomic E-state index is 0.0897. The first-order valence-electron chi connectivity index (χ1n) is 9.27. The molecule has 10 nitrogen and oxygen atoms in total. The standard InChI is InChI=1S/C21H20N8O2/c1-26-7-8-28(21(26)30)15-3-5-18(6-4-15)31-19-10-16(29(24)17(11-22)12-23)9-14-13-25-27(2)20(14)19/h3-11,13H,22,24H2,1-2H3/b17-11-. The number of hydrogen-bond donors (Lipinski definition) is 2. The summed E-state index contributed by atoms with van der Waals surface area (Å²) in [5.74, 6) is 7.13. The Morgan fingerprint density at radius 3 is 2.58 bits per heavy atom. The molecule has 0 spiro atoms. The topological polar surface area (TPSA) is 133 Å². The Hall–Kier alpha value is -4.49. The fourth-order valence-electron chi connectivity index (χ4n) is 3.26. The molecule has 4 aromatic rings. The highest BCUT2D eigenvalue weighted by molar-refractivity contribution is 5.89. The van der Waals surface area contributed by atoms with E-state index in [4.69, 9.17) is 16.3 Å². The minimum Gasteiger partial charge on any atom is -0.455 e. The van der Waals surface area contributed by atoms with Crippen LogP contribution in [0.5, 0.6) is 11.5 Å². The number of anilines is 1. The van der Waals surface area contributed by atoms with E-state index in [2.05, 4.69) is 5.10 Å². The lowest BCUT2D eigenvalue weighted by Crippen LogP contribution is -2.30. The fourth-order valence-corrected chi connectivity index (χ4v) is 3.26. The van der Waals surface area contributed by atoms with Gasteiger partial charge in [-0.05, 0) is 30.3 Å². The summed E-state index contributed by atoms with van der Waals surface area (Å²) in [6, 6.07) is 12.6. The number of nitriles is 1. The molecule has 0 fully saturated rings. The van der Waals surface area contributed by atoms with Crippen LogP contribution in [0.1, 0.15) is 0 Å². The van der Waals surface area contributed by atoms with Crippen molar-refractivity contribution in [1.29, 1.82) is 5.26 Å². The van der Waals surface area contributed by atoms with E-state index < -0.39 is 0 Å². The minimum atomic E-state index is -0.137. The molecular weight excluding hydrogens is 396 g/mol. The first-order chi connectivity index (χ1) is 14.9. The van der Waals surface area contributed by atoms with Crippen LogP contribution in [0.25, 0.3) is 16.6 Å². The number of fused-ring (bicyclic) bond motifs is 1. The fraction of sp³-hybridized carbons (Fsp3) is 0.0952. The molecule has 0 aliphatic rings. The van der Waals surface area contributed by atoms with Crippen molar-refractivity contribution >= 4 is 16.6 Å². The number of aryl methyl sites for hydroxylation is 2. The maximum absolute atomic E-state index is 12.1. The molecular formula is C21H20N8O2. The van der Waals surface area contributed by atoms with Crippen LogP contribution in [0.2, 0.25) is 0 Å². The molecule has 156 valence electrons. The van der Waals surface area contributed by atoms with E-state index in [0.29, 0.717) is 17.2 Å². The molecule has 2 aromatic heterocycles. The highest BCUT2D eigenvalue weighted by atomic mass is 16.5. The summed E-state index contributed by atoms with van der Waals surface area (Å²) < 4.78 is 10.9. The molecule has 4 N–H and O–H groups in total. The van der Waals surface area contributed by atoms with E-state index >= 15 is 0 Å². The maximum atomic E-state index is 12.1. The third-order valence-corrected chi connectivity index (χ3v) is 4.88. The molecule has 0 aliphatic carbocycles. The van der Waals surface area contributed by atoms with E-state index in [1.54, 1.807) is 78.3 Å². The van der Waals surface area contributed by atoms with Gasteiger partial charge < -0.3 is 15.0 Å². The molecule has 0 aliphatic heterocycles. The number of hydrazine groups is 1. The summed E-state index contributed by atoms with van der Waals surface area (Å²) in [5, 5.41) is 15.5. The van der Waals surface area contributed by atoms with E-state index in [9.17, 15) is 10.1 Å². The number of hydrogen-bond acceptors (Lipinski definition) is 7. The maximum Gasteiger partial charge on any atom is 0.332 e. The number of nitrogens with zero attached hydrogens (tertiary/aromatic N) is 6. The van der Waals surface area contributed by atoms with Crippen LogP contribution in [-0.2, 0) is 14.1 Å². The van der Waals surface area contributed by atoms with Gasteiger partial charge in [0.2, 0.25) is 0 Å². The molecule has 0 radical (unpaired) electrons. The van der Waals surface area contributed by atoms with Crippen molar-refractivity contribution in [1.82, 2.24) is 18.9 Å². The summed E-state index contributed by atoms with van der Waals surface area (Å²) in [6.07, 6.45) is 6.22. The zero-order chi connectivity index (χ0) is 22.1. The first kappa shape index (κ1) is 19.8. The average Bonchev–Trinajstić information content (AvgIpc) is 3.32. The Kier molecular flexibility index (Phi) is 4.94. The molecule has 0 atom stereocenters. The lowest BCUT2D eigenvalue weighted by molar-refractivity contribution is 0.484. The third-order valence-electron chi connectivity index (χ3n) is 4.88. The zero-order valence-electron chi connectivity index (χ0n) is 16.9. The Labute approximate surface area is 177 Å². The van der Waals surface area contributed by atoms with Crippen molar-refractivity contribution < 1.29 is 4.74 Å². The van der Waals surface area contributed by atoms with Crippen LogP contribution in [0.15, 0.2) is 71.7 Å². The predicted molar refractivity (Wildman–Crippen MR) is 116 cm³/mol. The van der Waals surface area contributed by atoms with Gasteiger partial charge in [0.1, 0.15) is 17.3 Å². The van der Waals surface area contributed by atoms with Crippen LogP contribution < -0.4 is 27.0 Å². The molecule has 4 rings (SSSR count). The van der Waals surface area contributed by atoms with Gasteiger partial charge in [-0.1, -0.05) is 0 Å². The second-order valence-electron chi connectivity index (χ2n) is 6.84. The highest BCUT2D eigenvalue weighted by Gasteiger charge is 2.15. The van der Waals surface area contributed by atoms with Gasteiger partial charge in [0.05, 0.1) is 17.6 Å². The van der Waals surface area contributed by atoms with Crippen LogP contribution in [0.4, 0.5) is 5.69 Å². The molecule has 0 saturated heterocycles. The molecule has 2 aromatic carbocycles. The number of nitrogens with two attached hydrogens (primary N) is 2. The van der Waals surface area contributed by atoms with Gasteiger partial charge in [-0.15, -0.1) is 0 Å². The van der Waals surface area contributed by atoms with Gasteiger partial charge in [-0.3, -0.25) is 14.3 Å². The van der Waals surface area contributed by atoms with Gasteiger partial charge in [0.15, 0.2) is 11.4 Å². The molecule has 0 amide bonds. The van der Waals surface area contributed by atoms with Gasteiger partial charge >= 0.3 is 5.69 Å². The second kappa shape index (κ2) is 7.74. The normalized spacial score (nSPS) is 11.5. The van der Waals surface area contributed by atoms with Crippen molar-refractivity contribution in [2.75, 3.05) is 5.01 Å². The first-order valence-corrected chi connectivity index (χ1v) is 9.27. The van der Waals surface area contributed by atoms with Crippen molar-refractivity contribution in [3.05, 3.63) is 77.4 Å². The van der Waals surface area contributed by atoms with E-state index in [1.165, 1.54) is 9.58 Å². The van der Waals surface area contributed by atoms with Gasteiger partial charge in [0, 0.05) is 44.1 Å². The summed E-state index contributed by atoms with van der Waals surface area (Å²) in [5.41, 5.74) is 7.44. The Morgan fingerprint density at radius 1 is 1.23 bits per heavy atom. The average molecular weight is 416 g/mol. The largest absolute Gasteiger partial charge is 0.455 e. The van der Waals surface area contributed by atoms with Crippen LogP contribution in [0, 0.1) is 11.3 Å². The number of ether oxygens (including phenoxy) is 1. The Balaban J connectivity index is 1.72. The molecule has 0 unspecified atom stereocenters. The summed E-state index contributed by atoms with van der Waals surface area (Å²) in [6.45, 7) is 0. The summed E-state index contributed by atoms with van der Waals surface area (Å²) in [7, 11) is 3.50. The quantitative estimate of drug-likeness (QED) is 0.288. The highest BCUT2D eigenvalue weighted by Crippen LogP contribution is 2.34. The second-order valence-corrected chi connectivity index (χ2v) is 6.84. The molecule has 2 heterocycles. The Bertz CT molecular complexity index is 1390. The SMILES string of the molecule is Cn1ccn(-c2ccc(Oc3cc(N(N)/C(C#N)=C\N)cc4cnn(C)c34)cc2)c1=O. The lowest BCUT2D eigenvalue weighted by Gasteiger charge is -2.18. The van der Waals surface area contributed by atoms with Gasteiger partial charge in [-0.25, -0.2) is 10.6 Å². The predicted octanol–water partition coefficient (Wildman–Crippen LogP) is 1.86. The van der Waals surface area contributed by atoms with Crippen LogP contribution in [-0.4, -0.2) is 18.9 Å². The van der Waals surface area contributed by atoms with E-state index in [1.807, 2.05) is 6.07 Å². The molecule has 0 saturated carbocycles. The van der Waals surface area contributed by atoms with Crippen molar-refractivity contribution in [2.24, 2.45) is 25.7 Å². The zero-order valence-corrected chi connectivity index (χ0v) is 16.9. The Morgan fingerprint density at radius 2 is 1.97 bits per heavy atom. The monoisotopic (exact) mass is 416 g/mol. The number of benzene rings is 2. The number of rotatable bonds is 5. The van der Waals surface area contributed by atoms with Crippen molar-refractivity contribution in [3.63, 3.8) is 0 Å². The summed E-state index contributed by atoms with van der Waals surface area (Å²) >= 11 is 0. The van der Waals surface area contributed by atoms with Gasteiger partial charge in [-0.2, -0.15) is 10.4 Å². The number of allylic oxidation sites excluding steroid dienone is 1. The number of imidazole rings is 1. The van der Waals surface area contributed by atoms with E-state index in [-0.39, 0.29) is 11.4 Å². The van der Waals surface area contributed by atoms with Crippen LogP contribution >= 0.6 is 0 Å². The van der Waals surface area contributed by atoms with Gasteiger partial charge in [0.25, 0.3) is 0 Å². The van der Waals surface area contributed by atoms with Crippen molar-refractivity contribution in [3.8, 4) is 23.3 Å². The smallest absolute Gasteiger partial charge is 0.332 e. The van der Waals surface area contributed by atoms with Crippen LogP contribution in [0.3, 0.4) is 0 Å². The molecule has 31 heavy (non-hydrogen) atoms.